The predicted octanol–water partition coefficient (Wildman–Crippen LogP) is 2.85. The highest BCUT2D eigenvalue weighted by atomic mass is 16.5. The van der Waals surface area contributed by atoms with E-state index in [0.717, 1.165) is 30.8 Å². The minimum Gasteiger partial charge on any atom is -0.497 e. The molecule has 1 amide bonds. The molecule has 3 aromatic rings. The van der Waals surface area contributed by atoms with Crippen LogP contribution < -0.4 is 4.74 Å². The number of amides is 1. The number of hydrogen-bond acceptors (Lipinski definition) is 4. The van der Waals surface area contributed by atoms with Crippen molar-refractivity contribution in [3.63, 3.8) is 0 Å². The summed E-state index contributed by atoms with van der Waals surface area (Å²) in [4.78, 5) is 14.4. The van der Waals surface area contributed by atoms with Crippen molar-refractivity contribution in [2.45, 2.75) is 13.0 Å². The lowest BCUT2D eigenvalue weighted by Gasteiger charge is -2.39. The predicted molar refractivity (Wildman–Crippen MR) is 96.1 cm³/mol. The third-order valence-corrected chi connectivity index (χ3v) is 4.73. The van der Waals surface area contributed by atoms with Crippen LogP contribution in [0, 0.1) is 5.92 Å². The molecule has 1 saturated heterocycles. The van der Waals surface area contributed by atoms with Crippen molar-refractivity contribution in [3.8, 4) is 5.75 Å². The third kappa shape index (κ3) is 3.49. The van der Waals surface area contributed by atoms with Gasteiger partial charge in [-0.1, -0.05) is 12.1 Å². The Kier molecular flexibility index (Phi) is 4.48. The minimum absolute atomic E-state index is 0.0504. The van der Waals surface area contributed by atoms with Gasteiger partial charge in [0, 0.05) is 19.3 Å². The molecule has 4 rings (SSSR count). The molecule has 0 atom stereocenters. The molecule has 1 aromatic carbocycles. The van der Waals surface area contributed by atoms with Crippen LogP contribution in [0.25, 0.3) is 0 Å². The van der Waals surface area contributed by atoms with Gasteiger partial charge in [0.2, 0.25) is 0 Å². The van der Waals surface area contributed by atoms with Gasteiger partial charge >= 0.3 is 0 Å². The molecule has 6 nitrogen and oxygen atoms in total. The summed E-state index contributed by atoms with van der Waals surface area (Å²) >= 11 is 0. The Balaban J connectivity index is 1.32. The highest BCUT2D eigenvalue weighted by Crippen LogP contribution is 2.22. The van der Waals surface area contributed by atoms with Crippen LogP contribution in [-0.2, 0) is 13.0 Å². The molecule has 0 N–H and O–H groups in total. The minimum atomic E-state index is 0.0504. The fourth-order valence-electron chi connectivity index (χ4n) is 3.27. The second-order valence-corrected chi connectivity index (χ2v) is 6.69. The maximum atomic E-state index is 12.6. The topological polar surface area (TPSA) is 60.5 Å². The average molecular weight is 351 g/mol. The molecule has 6 heteroatoms. The van der Waals surface area contributed by atoms with Gasteiger partial charge in [-0.3, -0.25) is 9.48 Å². The molecule has 1 aliphatic heterocycles. The zero-order valence-corrected chi connectivity index (χ0v) is 14.7. The molecule has 134 valence electrons. The molecule has 0 bridgehead atoms. The van der Waals surface area contributed by atoms with Gasteiger partial charge in [0.15, 0.2) is 0 Å². The van der Waals surface area contributed by atoms with Crippen molar-refractivity contribution in [3.05, 3.63) is 71.9 Å². The lowest BCUT2D eigenvalue weighted by atomic mass is 9.93. The van der Waals surface area contributed by atoms with Crippen LogP contribution in [0.3, 0.4) is 0 Å². The number of furan rings is 1. The van der Waals surface area contributed by atoms with E-state index < -0.39 is 0 Å². The van der Waals surface area contributed by atoms with Gasteiger partial charge in [0.05, 0.1) is 37.9 Å². The van der Waals surface area contributed by atoms with Crippen molar-refractivity contribution >= 4 is 5.91 Å². The Morgan fingerprint density at radius 3 is 2.73 bits per heavy atom. The molecule has 0 aliphatic carbocycles. The highest BCUT2D eigenvalue weighted by Gasteiger charge is 2.31. The number of carbonyl (C=O) groups excluding carboxylic acids is 1. The van der Waals surface area contributed by atoms with Gasteiger partial charge in [-0.25, -0.2) is 0 Å². The average Bonchev–Trinajstić information content (AvgIpc) is 3.30. The summed E-state index contributed by atoms with van der Waals surface area (Å²) in [6.45, 7) is 2.20. The van der Waals surface area contributed by atoms with Crippen LogP contribution in [-0.4, -0.2) is 40.8 Å². The summed E-state index contributed by atoms with van der Waals surface area (Å²) in [6.07, 6.45) is 7.88. The number of methoxy groups -OCH3 is 1. The second-order valence-electron chi connectivity index (χ2n) is 6.69. The van der Waals surface area contributed by atoms with Crippen LogP contribution in [0.5, 0.6) is 5.75 Å². The molecule has 1 fully saturated rings. The van der Waals surface area contributed by atoms with E-state index in [1.165, 1.54) is 5.56 Å². The number of nitrogens with zero attached hydrogens (tertiary/aromatic N) is 3. The summed E-state index contributed by atoms with van der Waals surface area (Å²) in [5, 5.41) is 4.32. The quantitative estimate of drug-likeness (QED) is 0.685. The number of ether oxygens (including phenoxy) is 1. The summed E-state index contributed by atoms with van der Waals surface area (Å²) < 4.78 is 12.0. The van der Waals surface area contributed by atoms with Crippen LogP contribution >= 0.6 is 0 Å². The van der Waals surface area contributed by atoms with Gasteiger partial charge in [0.25, 0.3) is 5.91 Å². The first kappa shape index (κ1) is 16.4. The third-order valence-electron chi connectivity index (χ3n) is 4.73. The van der Waals surface area contributed by atoms with Crippen LogP contribution in [0.2, 0.25) is 0 Å². The Bertz CT molecular complexity index is 862. The van der Waals surface area contributed by atoms with Gasteiger partial charge in [-0.2, -0.15) is 5.10 Å². The van der Waals surface area contributed by atoms with Crippen molar-refractivity contribution < 1.29 is 13.9 Å². The summed E-state index contributed by atoms with van der Waals surface area (Å²) in [7, 11) is 1.65. The van der Waals surface area contributed by atoms with E-state index in [-0.39, 0.29) is 5.91 Å². The van der Waals surface area contributed by atoms with E-state index in [9.17, 15) is 4.79 Å². The molecule has 2 aromatic heterocycles. The molecular formula is C20H21N3O3. The van der Waals surface area contributed by atoms with Crippen LogP contribution in [0.1, 0.15) is 21.5 Å². The molecule has 26 heavy (non-hydrogen) atoms. The van der Waals surface area contributed by atoms with E-state index in [4.69, 9.17) is 9.15 Å². The Morgan fingerprint density at radius 2 is 2.04 bits per heavy atom. The molecule has 0 spiro atoms. The first-order chi connectivity index (χ1) is 12.7. The monoisotopic (exact) mass is 351 g/mol. The Labute approximate surface area is 152 Å². The second kappa shape index (κ2) is 7.07. The first-order valence-electron chi connectivity index (χ1n) is 8.67. The van der Waals surface area contributed by atoms with E-state index in [1.54, 1.807) is 30.5 Å². The number of rotatable bonds is 6. The molecule has 0 radical (unpaired) electrons. The molecule has 0 unspecified atom stereocenters. The van der Waals surface area contributed by atoms with E-state index in [1.807, 2.05) is 41.4 Å². The first-order valence-corrected chi connectivity index (χ1v) is 8.67. The van der Waals surface area contributed by atoms with E-state index in [2.05, 4.69) is 5.10 Å². The molecule has 0 saturated carbocycles. The van der Waals surface area contributed by atoms with Gasteiger partial charge in [0.1, 0.15) is 5.75 Å². The number of aromatic nitrogens is 2. The lowest BCUT2D eigenvalue weighted by Crippen LogP contribution is -2.50. The van der Waals surface area contributed by atoms with Gasteiger partial charge in [-0.05, 0) is 41.7 Å². The maximum absolute atomic E-state index is 12.6. The zero-order chi connectivity index (χ0) is 17.9. The standard InChI is InChI=1S/C20H21N3O3/c1-25-19-4-2-15(3-5-19)12-23-13-18(9-21-23)20(24)22-10-17(11-22)8-16-6-7-26-14-16/h2-7,9,13-14,17H,8,10-12H2,1H3. The van der Waals surface area contributed by atoms with Crippen molar-refractivity contribution in [2.24, 2.45) is 5.92 Å². The molecule has 3 heterocycles. The molecular weight excluding hydrogens is 330 g/mol. The number of hydrogen-bond donors (Lipinski definition) is 0. The highest BCUT2D eigenvalue weighted by molar-refractivity contribution is 5.94. The largest absolute Gasteiger partial charge is 0.497 e. The fourth-order valence-corrected chi connectivity index (χ4v) is 3.27. The summed E-state index contributed by atoms with van der Waals surface area (Å²) in [5.41, 5.74) is 2.94. The summed E-state index contributed by atoms with van der Waals surface area (Å²) in [5.74, 6) is 1.38. The van der Waals surface area contributed by atoms with Crippen LogP contribution in [0.15, 0.2) is 59.7 Å². The summed E-state index contributed by atoms with van der Waals surface area (Å²) in [6, 6.07) is 9.82. The zero-order valence-electron chi connectivity index (χ0n) is 14.7. The van der Waals surface area contributed by atoms with Crippen molar-refractivity contribution in [1.82, 2.24) is 14.7 Å². The van der Waals surface area contributed by atoms with Crippen molar-refractivity contribution in [2.75, 3.05) is 20.2 Å². The SMILES string of the molecule is COc1ccc(Cn2cc(C(=O)N3CC(Cc4ccoc4)C3)cn2)cc1. The fraction of sp³-hybridized carbons (Fsp3) is 0.300. The normalized spacial score (nSPS) is 14.3. The Hall–Kier alpha value is -3.02. The smallest absolute Gasteiger partial charge is 0.257 e. The number of benzene rings is 1. The lowest BCUT2D eigenvalue weighted by molar-refractivity contribution is 0.0501. The van der Waals surface area contributed by atoms with E-state index >= 15 is 0 Å². The van der Waals surface area contributed by atoms with E-state index in [0.29, 0.717) is 18.0 Å². The van der Waals surface area contributed by atoms with Gasteiger partial charge in [-0.15, -0.1) is 0 Å². The van der Waals surface area contributed by atoms with Gasteiger partial charge < -0.3 is 14.1 Å². The van der Waals surface area contributed by atoms with Crippen molar-refractivity contribution in [1.29, 1.82) is 0 Å². The molecule has 1 aliphatic rings. The van der Waals surface area contributed by atoms with Crippen LogP contribution in [0.4, 0.5) is 0 Å². The number of carbonyl (C=O) groups is 1. The maximum Gasteiger partial charge on any atom is 0.257 e. The Morgan fingerprint density at radius 1 is 1.23 bits per heavy atom. The number of likely N-dealkylation sites (tertiary alicyclic amines) is 1.